The van der Waals surface area contributed by atoms with E-state index in [9.17, 15) is 4.79 Å². The topological polar surface area (TPSA) is 100 Å². The SMILES string of the molecule is COc1cccc(CCCCNC(=O)Nc2ccc3ncc(C4=CNNC4)cc3n2)c1. The number of anilines is 1. The highest BCUT2D eigenvalue weighted by Gasteiger charge is 2.09. The molecule has 2 aromatic heterocycles. The lowest BCUT2D eigenvalue weighted by Crippen LogP contribution is -2.29. The van der Waals surface area contributed by atoms with Gasteiger partial charge in [-0.1, -0.05) is 12.1 Å². The van der Waals surface area contributed by atoms with Gasteiger partial charge in [-0.2, -0.15) is 0 Å². The van der Waals surface area contributed by atoms with E-state index in [1.165, 1.54) is 5.56 Å². The van der Waals surface area contributed by atoms with Crippen LogP contribution in [-0.4, -0.2) is 36.2 Å². The van der Waals surface area contributed by atoms with Gasteiger partial charge in [0.2, 0.25) is 0 Å². The fourth-order valence-corrected chi connectivity index (χ4v) is 3.42. The third-order valence-corrected chi connectivity index (χ3v) is 5.09. The summed E-state index contributed by atoms with van der Waals surface area (Å²) in [6, 6.07) is 13.4. The molecule has 4 rings (SSSR count). The van der Waals surface area contributed by atoms with Gasteiger partial charge in [0.05, 0.1) is 18.1 Å². The van der Waals surface area contributed by atoms with E-state index in [4.69, 9.17) is 4.74 Å². The lowest BCUT2D eigenvalue weighted by atomic mass is 10.1. The van der Waals surface area contributed by atoms with Crippen LogP contribution in [-0.2, 0) is 6.42 Å². The summed E-state index contributed by atoms with van der Waals surface area (Å²) in [5, 5.41) is 5.69. The molecule has 1 aliphatic heterocycles. The highest BCUT2D eigenvalue weighted by atomic mass is 16.5. The Hall–Kier alpha value is -3.65. The van der Waals surface area contributed by atoms with Gasteiger partial charge in [-0.3, -0.25) is 10.3 Å². The van der Waals surface area contributed by atoms with Crippen LogP contribution in [0.25, 0.3) is 16.6 Å². The molecule has 0 bridgehead atoms. The van der Waals surface area contributed by atoms with Crippen molar-refractivity contribution in [1.82, 2.24) is 26.1 Å². The number of methoxy groups -OCH3 is 1. The predicted molar refractivity (Wildman–Crippen MR) is 122 cm³/mol. The molecule has 0 aliphatic carbocycles. The second-order valence-corrected chi connectivity index (χ2v) is 7.32. The Balaban J connectivity index is 1.26. The standard InChI is InChI=1S/C23H26N6O2/c1-31-19-7-4-6-16(11-19)5-2-3-10-24-23(30)29-22-9-8-20-21(28-22)12-17(13-25-20)18-14-26-27-15-18/h4,6-9,11-14,26-27H,2-3,5,10,15H2,1H3,(H2,24,28,29,30). The van der Waals surface area contributed by atoms with Crippen LogP contribution in [0.2, 0.25) is 0 Å². The Morgan fingerprint density at radius 3 is 2.94 bits per heavy atom. The molecule has 0 atom stereocenters. The molecule has 0 fully saturated rings. The van der Waals surface area contributed by atoms with Crippen LogP contribution < -0.4 is 26.2 Å². The number of rotatable bonds is 8. The number of nitrogens with one attached hydrogen (secondary N) is 4. The van der Waals surface area contributed by atoms with Crippen molar-refractivity contribution in [2.24, 2.45) is 0 Å². The van der Waals surface area contributed by atoms with Crippen molar-refractivity contribution in [3.63, 3.8) is 0 Å². The van der Waals surface area contributed by atoms with E-state index in [2.05, 4.69) is 37.5 Å². The van der Waals surface area contributed by atoms with Crippen LogP contribution in [0.1, 0.15) is 24.0 Å². The number of ether oxygens (including phenoxy) is 1. The van der Waals surface area contributed by atoms with Crippen molar-refractivity contribution in [3.05, 3.63) is 66.0 Å². The molecule has 8 nitrogen and oxygen atoms in total. The van der Waals surface area contributed by atoms with Gasteiger partial charge in [0.15, 0.2) is 0 Å². The zero-order chi connectivity index (χ0) is 21.5. The Kier molecular flexibility index (Phi) is 6.59. The summed E-state index contributed by atoms with van der Waals surface area (Å²) < 4.78 is 5.25. The highest BCUT2D eigenvalue weighted by Crippen LogP contribution is 2.20. The van der Waals surface area contributed by atoms with Crippen molar-refractivity contribution in [2.45, 2.75) is 19.3 Å². The van der Waals surface area contributed by atoms with E-state index in [0.717, 1.165) is 53.7 Å². The first-order valence-electron chi connectivity index (χ1n) is 10.3. The van der Waals surface area contributed by atoms with Gasteiger partial charge in [0.1, 0.15) is 11.6 Å². The molecule has 0 saturated heterocycles. The number of amides is 2. The summed E-state index contributed by atoms with van der Waals surface area (Å²) in [5.74, 6) is 1.37. The monoisotopic (exact) mass is 418 g/mol. The van der Waals surface area contributed by atoms with E-state index < -0.39 is 0 Å². The van der Waals surface area contributed by atoms with E-state index in [-0.39, 0.29) is 6.03 Å². The minimum Gasteiger partial charge on any atom is -0.497 e. The average Bonchev–Trinajstić information content (AvgIpc) is 3.33. The number of hydrazine groups is 1. The molecule has 1 aliphatic rings. The van der Waals surface area contributed by atoms with Crippen LogP contribution in [0.15, 0.2) is 54.9 Å². The normalized spacial score (nSPS) is 12.9. The summed E-state index contributed by atoms with van der Waals surface area (Å²) in [4.78, 5) is 21.2. The lowest BCUT2D eigenvalue weighted by Gasteiger charge is -2.09. The number of fused-ring (bicyclic) bond motifs is 1. The molecule has 0 radical (unpaired) electrons. The fraction of sp³-hybridized carbons (Fsp3) is 0.261. The maximum Gasteiger partial charge on any atom is 0.320 e. The van der Waals surface area contributed by atoms with Crippen LogP contribution in [0.3, 0.4) is 0 Å². The van der Waals surface area contributed by atoms with Gasteiger partial charge in [0.25, 0.3) is 0 Å². The van der Waals surface area contributed by atoms with Gasteiger partial charge in [-0.05, 0) is 60.7 Å². The second kappa shape index (κ2) is 9.90. The van der Waals surface area contributed by atoms with E-state index >= 15 is 0 Å². The fourth-order valence-electron chi connectivity index (χ4n) is 3.42. The number of aromatic nitrogens is 2. The van der Waals surface area contributed by atoms with Crippen LogP contribution >= 0.6 is 0 Å². The van der Waals surface area contributed by atoms with Crippen molar-refractivity contribution < 1.29 is 9.53 Å². The van der Waals surface area contributed by atoms with Crippen molar-refractivity contribution in [1.29, 1.82) is 0 Å². The molecular weight excluding hydrogens is 392 g/mol. The molecule has 0 spiro atoms. The second-order valence-electron chi connectivity index (χ2n) is 7.32. The number of urea groups is 1. The minimum atomic E-state index is -0.260. The zero-order valence-electron chi connectivity index (χ0n) is 17.4. The Morgan fingerprint density at radius 2 is 2.10 bits per heavy atom. The highest BCUT2D eigenvalue weighted by molar-refractivity contribution is 5.90. The number of hydrogen-bond donors (Lipinski definition) is 4. The third kappa shape index (κ3) is 5.49. The summed E-state index contributed by atoms with van der Waals surface area (Å²) in [7, 11) is 1.67. The zero-order valence-corrected chi connectivity index (χ0v) is 17.4. The first kappa shape index (κ1) is 20.6. The smallest absolute Gasteiger partial charge is 0.320 e. The largest absolute Gasteiger partial charge is 0.497 e. The van der Waals surface area contributed by atoms with E-state index in [0.29, 0.717) is 12.4 Å². The van der Waals surface area contributed by atoms with E-state index in [1.807, 2.05) is 42.7 Å². The molecule has 160 valence electrons. The molecular formula is C23H26N6O2. The maximum absolute atomic E-state index is 12.2. The number of hydrogen-bond acceptors (Lipinski definition) is 6. The molecule has 2 amide bonds. The number of benzene rings is 1. The number of carbonyl (C=O) groups is 1. The Morgan fingerprint density at radius 1 is 1.16 bits per heavy atom. The Bertz CT molecular complexity index is 1100. The van der Waals surface area contributed by atoms with Crippen molar-refractivity contribution >= 4 is 28.5 Å². The first-order chi connectivity index (χ1) is 15.2. The first-order valence-corrected chi connectivity index (χ1v) is 10.3. The van der Waals surface area contributed by atoms with Crippen LogP contribution in [0.5, 0.6) is 5.75 Å². The van der Waals surface area contributed by atoms with Crippen LogP contribution in [0.4, 0.5) is 10.6 Å². The summed E-state index contributed by atoms with van der Waals surface area (Å²) >= 11 is 0. The number of pyridine rings is 2. The molecule has 31 heavy (non-hydrogen) atoms. The molecule has 8 heteroatoms. The number of aryl methyl sites for hydroxylation is 1. The van der Waals surface area contributed by atoms with Gasteiger partial charge in [-0.25, -0.2) is 15.2 Å². The van der Waals surface area contributed by atoms with Crippen molar-refractivity contribution in [2.75, 3.05) is 25.5 Å². The molecule has 3 heterocycles. The molecule has 0 unspecified atom stereocenters. The van der Waals surface area contributed by atoms with Crippen LogP contribution in [0, 0.1) is 0 Å². The molecule has 1 aromatic carbocycles. The Labute approximate surface area is 181 Å². The van der Waals surface area contributed by atoms with Gasteiger partial charge >= 0.3 is 6.03 Å². The molecule has 0 saturated carbocycles. The molecule has 4 N–H and O–H groups in total. The average molecular weight is 419 g/mol. The van der Waals surface area contributed by atoms with Gasteiger partial charge in [0, 0.05) is 31.0 Å². The van der Waals surface area contributed by atoms with Crippen molar-refractivity contribution in [3.8, 4) is 5.75 Å². The lowest BCUT2D eigenvalue weighted by molar-refractivity contribution is 0.252. The van der Waals surface area contributed by atoms with E-state index in [1.54, 1.807) is 13.2 Å². The van der Waals surface area contributed by atoms with Gasteiger partial charge in [-0.15, -0.1) is 0 Å². The number of carbonyl (C=O) groups excluding carboxylic acids is 1. The predicted octanol–water partition coefficient (Wildman–Crippen LogP) is 3.23. The third-order valence-electron chi connectivity index (χ3n) is 5.09. The number of unbranched alkanes of at least 4 members (excludes halogenated alkanes) is 1. The minimum absolute atomic E-state index is 0.260. The molecule has 3 aromatic rings. The maximum atomic E-state index is 12.2. The summed E-state index contributed by atoms with van der Waals surface area (Å²) in [6.45, 7) is 1.33. The summed E-state index contributed by atoms with van der Waals surface area (Å²) in [5.41, 5.74) is 10.9. The number of nitrogens with zero attached hydrogens (tertiary/aromatic N) is 2. The summed E-state index contributed by atoms with van der Waals surface area (Å²) in [6.07, 6.45) is 6.56. The van der Waals surface area contributed by atoms with Gasteiger partial charge < -0.3 is 15.5 Å². The quantitative estimate of drug-likeness (QED) is 0.419.